The van der Waals surface area contributed by atoms with Crippen molar-refractivity contribution in [3.8, 4) is 16.9 Å². The number of benzene rings is 3. The van der Waals surface area contributed by atoms with Gasteiger partial charge in [-0.15, -0.1) is 11.8 Å². The maximum absolute atomic E-state index is 12.0. The largest absolute Gasteiger partial charge is 0.484 e. The Bertz CT molecular complexity index is 830. The van der Waals surface area contributed by atoms with Crippen molar-refractivity contribution in [2.45, 2.75) is 11.4 Å². The zero-order valence-electron chi connectivity index (χ0n) is 14.6. The molecule has 0 aliphatic rings. The summed E-state index contributed by atoms with van der Waals surface area (Å²) in [4.78, 5) is 13.2. The van der Waals surface area contributed by atoms with Crippen LogP contribution in [0.25, 0.3) is 11.1 Å². The average Bonchev–Trinajstić information content (AvgIpc) is 2.72. The lowest BCUT2D eigenvalue weighted by Gasteiger charge is -2.09. The number of rotatable bonds is 7. The van der Waals surface area contributed by atoms with Gasteiger partial charge in [0.05, 0.1) is 0 Å². The number of amides is 1. The molecule has 0 heterocycles. The van der Waals surface area contributed by atoms with Crippen LogP contribution >= 0.6 is 11.8 Å². The standard InChI is InChI=1S/C22H21NO2S/c1-26-21-13-7-17(8-14-21)15-23-22(24)16-25-20-11-9-19(10-12-20)18-5-3-2-4-6-18/h2-14H,15-16H2,1H3,(H,23,24). The van der Waals surface area contributed by atoms with E-state index in [9.17, 15) is 4.79 Å². The van der Waals surface area contributed by atoms with Crippen molar-refractivity contribution in [3.05, 3.63) is 84.4 Å². The first-order valence-corrected chi connectivity index (χ1v) is 9.65. The minimum Gasteiger partial charge on any atom is -0.484 e. The summed E-state index contributed by atoms with van der Waals surface area (Å²) in [6.07, 6.45) is 2.04. The van der Waals surface area contributed by atoms with E-state index in [2.05, 4.69) is 29.6 Å². The fourth-order valence-corrected chi connectivity index (χ4v) is 2.93. The van der Waals surface area contributed by atoms with Crippen molar-refractivity contribution < 1.29 is 9.53 Å². The Morgan fingerprint density at radius 2 is 1.54 bits per heavy atom. The monoisotopic (exact) mass is 363 g/mol. The molecule has 0 aliphatic carbocycles. The molecule has 26 heavy (non-hydrogen) atoms. The quantitative estimate of drug-likeness (QED) is 0.615. The molecular formula is C22H21NO2S. The summed E-state index contributed by atoms with van der Waals surface area (Å²) in [5, 5.41) is 2.87. The van der Waals surface area contributed by atoms with Crippen LogP contribution in [0.2, 0.25) is 0 Å². The molecule has 3 aromatic rings. The lowest BCUT2D eigenvalue weighted by molar-refractivity contribution is -0.123. The second-order valence-corrected chi connectivity index (χ2v) is 6.68. The molecule has 1 N–H and O–H groups in total. The number of ether oxygens (including phenoxy) is 1. The van der Waals surface area contributed by atoms with Gasteiger partial charge in [0.25, 0.3) is 5.91 Å². The van der Waals surface area contributed by atoms with Crippen molar-refractivity contribution in [2.24, 2.45) is 0 Å². The molecule has 0 aliphatic heterocycles. The number of carbonyl (C=O) groups is 1. The number of nitrogens with one attached hydrogen (secondary N) is 1. The van der Waals surface area contributed by atoms with Crippen molar-refractivity contribution >= 4 is 17.7 Å². The predicted molar refractivity (Wildman–Crippen MR) is 107 cm³/mol. The van der Waals surface area contributed by atoms with Gasteiger partial charge < -0.3 is 10.1 Å². The van der Waals surface area contributed by atoms with E-state index in [0.29, 0.717) is 12.3 Å². The normalized spacial score (nSPS) is 10.3. The summed E-state index contributed by atoms with van der Waals surface area (Å²) in [6.45, 7) is 0.511. The summed E-state index contributed by atoms with van der Waals surface area (Å²) in [7, 11) is 0. The average molecular weight is 363 g/mol. The zero-order valence-corrected chi connectivity index (χ0v) is 15.5. The van der Waals surface area contributed by atoms with E-state index in [4.69, 9.17) is 4.74 Å². The molecule has 0 radical (unpaired) electrons. The second-order valence-electron chi connectivity index (χ2n) is 5.80. The molecule has 4 heteroatoms. The molecule has 3 nitrogen and oxygen atoms in total. The Morgan fingerprint density at radius 1 is 0.885 bits per heavy atom. The molecule has 3 aromatic carbocycles. The second kappa shape index (κ2) is 9.11. The fourth-order valence-electron chi connectivity index (χ4n) is 2.52. The van der Waals surface area contributed by atoms with Gasteiger partial charge in [-0.2, -0.15) is 0 Å². The Morgan fingerprint density at radius 3 is 2.19 bits per heavy atom. The molecule has 0 atom stereocenters. The van der Waals surface area contributed by atoms with Gasteiger partial charge >= 0.3 is 0 Å². The van der Waals surface area contributed by atoms with Gasteiger partial charge in [0, 0.05) is 11.4 Å². The van der Waals surface area contributed by atoms with Gasteiger partial charge in [0.15, 0.2) is 6.61 Å². The molecule has 132 valence electrons. The van der Waals surface area contributed by atoms with E-state index in [1.807, 2.05) is 60.9 Å². The summed E-state index contributed by atoms with van der Waals surface area (Å²) in [5.41, 5.74) is 3.35. The predicted octanol–water partition coefficient (Wildman–Crippen LogP) is 4.77. The van der Waals surface area contributed by atoms with Crippen LogP contribution in [0.3, 0.4) is 0 Å². The molecule has 1 amide bonds. The third-order valence-corrected chi connectivity index (χ3v) is 4.72. The highest BCUT2D eigenvalue weighted by Gasteiger charge is 2.04. The van der Waals surface area contributed by atoms with Crippen LogP contribution in [0.4, 0.5) is 0 Å². The Labute approximate surface area is 158 Å². The summed E-state index contributed by atoms with van der Waals surface area (Å²) in [5.74, 6) is 0.551. The number of thioether (sulfide) groups is 1. The SMILES string of the molecule is CSc1ccc(CNC(=O)COc2ccc(-c3ccccc3)cc2)cc1. The van der Waals surface area contributed by atoms with Crippen LogP contribution in [0, 0.1) is 0 Å². The third kappa shape index (κ3) is 5.14. The van der Waals surface area contributed by atoms with Crippen LogP contribution in [0.1, 0.15) is 5.56 Å². The molecule has 0 saturated heterocycles. The maximum Gasteiger partial charge on any atom is 0.258 e. The van der Waals surface area contributed by atoms with Gasteiger partial charge in [0.1, 0.15) is 5.75 Å². The topological polar surface area (TPSA) is 38.3 Å². The van der Waals surface area contributed by atoms with Crippen molar-refractivity contribution in [3.63, 3.8) is 0 Å². The van der Waals surface area contributed by atoms with E-state index in [1.54, 1.807) is 11.8 Å². The smallest absolute Gasteiger partial charge is 0.258 e. The minimum absolute atomic E-state index is 0.00752. The van der Waals surface area contributed by atoms with Crippen LogP contribution in [0.15, 0.2) is 83.8 Å². The Balaban J connectivity index is 1.46. The van der Waals surface area contributed by atoms with E-state index >= 15 is 0 Å². The van der Waals surface area contributed by atoms with Gasteiger partial charge in [0.2, 0.25) is 0 Å². The van der Waals surface area contributed by atoms with Crippen LogP contribution in [-0.4, -0.2) is 18.8 Å². The van der Waals surface area contributed by atoms with Crippen LogP contribution in [0.5, 0.6) is 5.75 Å². The Hall–Kier alpha value is -2.72. The van der Waals surface area contributed by atoms with Crippen molar-refractivity contribution in [1.29, 1.82) is 0 Å². The number of hydrogen-bond donors (Lipinski definition) is 1. The molecule has 0 unspecified atom stereocenters. The lowest BCUT2D eigenvalue weighted by Crippen LogP contribution is -2.28. The summed E-state index contributed by atoms with van der Waals surface area (Å²) >= 11 is 1.70. The van der Waals surface area contributed by atoms with Crippen molar-refractivity contribution in [1.82, 2.24) is 5.32 Å². The zero-order chi connectivity index (χ0) is 18.2. The van der Waals surface area contributed by atoms with Gasteiger partial charge in [-0.05, 0) is 47.2 Å². The maximum atomic E-state index is 12.0. The Kier molecular flexibility index (Phi) is 6.34. The van der Waals surface area contributed by atoms with Gasteiger partial charge in [-0.25, -0.2) is 0 Å². The molecule has 0 saturated carbocycles. The molecule has 3 rings (SSSR count). The van der Waals surface area contributed by atoms with Crippen LogP contribution < -0.4 is 10.1 Å². The number of carbonyl (C=O) groups excluding carboxylic acids is 1. The molecular weight excluding hydrogens is 342 g/mol. The summed E-state index contributed by atoms with van der Waals surface area (Å²) < 4.78 is 5.57. The van der Waals surface area contributed by atoms with Crippen molar-refractivity contribution in [2.75, 3.05) is 12.9 Å². The third-order valence-electron chi connectivity index (χ3n) is 3.98. The highest BCUT2D eigenvalue weighted by molar-refractivity contribution is 7.98. The minimum atomic E-state index is -0.133. The highest BCUT2D eigenvalue weighted by Crippen LogP contribution is 2.22. The van der Waals surface area contributed by atoms with Gasteiger partial charge in [-0.1, -0.05) is 54.6 Å². The first-order chi connectivity index (χ1) is 12.7. The molecule has 0 spiro atoms. The first-order valence-electron chi connectivity index (χ1n) is 8.42. The van der Waals surface area contributed by atoms with E-state index in [0.717, 1.165) is 16.7 Å². The van der Waals surface area contributed by atoms with E-state index in [-0.39, 0.29) is 12.5 Å². The highest BCUT2D eigenvalue weighted by atomic mass is 32.2. The van der Waals surface area contributed by atoms with Gasteiger partial charge in [-0.3, -0.25) is 4.79 Å². The first kappa shape index (κ1) is 18.1. The van der Waals surface area contributed by atoms with E-state index < -0.39 is 0 Å². The molecule has 0 bridgehead atoms. The molecule has 0 aromatic heterocycles. The fraction of sp³-hybridized carbons (Fsp3) is 0.136. The molecule has 0 fully saturated rings. The summed E-state index contributed by atoms with van der Waals surface area (Å²) in [6, 6.07) is 26.1. The lowest BCUT2D eigenvalue weighted by atomic mass is 10.1. The van der Waals surface area contributed by atoms with E-state index in [1.165, 1.54) is 4.90 Å². The van der Waals surface area contributed by atoms with Crippen LogP contribution in [-0.2, 0) is 11.3 Å². The number of hydrogen-bond acceptors (Lipinski definition) is 3.